The summed E-state index contributed by atoms with van der Waals surface area (Å²) in [6.45, 7) is 3.84. The molecule has 0 bridgehead atoms. The number of aryl methyl sites for hydroxylation is 2. The SMILES string of the molecule is Cc1ccc(C=C2SC(=S)N(NS(=O)(=O)c3ccc(C)cc3)C2=O)cc1. The Morgan fingerprint density at radius 2 is 1.54 bits per heavy atom. The summed E-state index contributed by atoms with van der Waals surface area (Å²) in [6, 6.07) is 14.0. The standard InChI is InChI=1S/C18H16N2O3S3/c1-12-3-7-14(8-4-12)11-16-17(21)20(18(24)25-16)19-26(22,23)15-9-5-13(2)6-10-15/h3-11,19H,1-2H3. The molecule has 1 N–H and O–H groups in total. The van der Waals surface area contributed by atoms with Gasteiger partial charge in [-0.1, -0.05) is 71.5 Å². The third kappa shape index (κ3) is 4.04. The molecule has 0 radical (unpaired) electrons. The Hall–Kier alpha value is -2.00. The van der Waals surface area contributed by atoms with Gasteiger partial charge in [0, 0.05) is 0 Å². The van der Waals surface area contributed by atoms with E-state index in [9.17, 15) is 13.2 Å². The number of nitrogens with zero attached hydrogens (tertiary/aromatic N) is 1. The lowest BCUT2D eigenvalue weighted by Crippen LogP contribution is -2.44. The molecule has 1 amide bonds. The second-order valence-corrected chi connectivity index (χ2v) is 9.17. The lowest BCUT2D eigenvalue weighted by Gasteiger charge is -2.16. The van der Waals surface area contributed by atoms with Gasteiger partial charge in [0.25, 0.3) is 15.9 Å². The molecule has 5 nitrogen and oxygen atoms in total. The predicted molar refractivity (Wildman–Crippen MR) is 108 cm³/mol. The first-order valence-corrected chi connectivity index (χ1v) is 10.4. The van der Waals surface area contributed by atoms with Gasteiger partial charge in [-0.3, -0.25) is 4.79 Å². The summed E-state index contributed by atoms with van der Waals surface area (Å²) in [5.41, 5.74) is 2.90. The minimum atomic E-state index is -3.90. The number of amides is 1. The maximum absolute atomic E-state index is 12.6. The zero-order valence-electron chi connectivity index (χ0n) is 14.1. The normalized spacial score (nSPS) is 16.5. The number of hydrogen-bond acceptors (Lipinski definition) is 5. The first-order chi connectivity index (χ1) is 12.3. The van der Waals surface area contributed by atoms with E-state index in [1.807, 2.05) is 38.1 Å². The molecular formula is C18H16N2O3S3. The first-order valence-electron chi connectivity index (χ1n) is 7.70. The molecule has 1 aliphatic rings. The summed E-state index contributed by atoms with van der Waals surface area (Å²) in [4.78, 5) is 15.3. The molecule has 1 fully saturated rings. The maximum atomic E-state index is 12.6. The van der Waals surface area contributed by atoms with Crippen molar-refractivity contribution in [3.63, 3.8) is 0 Å². The Balaban J connectivity index is 1.83. The van der Waals surface area contributed by atoms with Gasteiger partial charge in [-0.05, 0) is 37.6 Å². The molecule has 2 aromatic rings. The molecule has 3 rings (SSSR count). The summed E-state index contributed by atoms with van der Waals surface area (Å²) in [5, 5.41) is 0.898. The lowest BCUT2D eigenvalue weighted by atomic mass is 10.1. The largest absolute Gasteiger partial charge is 0.281 e. The van der Waals surface area contributed by atoms with E-state index >= 15 is 0 Å². The Labute approximate surface area is 162 Å². The highest BCUT2D eigenvalue weighted by Crippen LogP contribution is 2.32. The number of hydrazine groups is 1. The maximum Gasteiger partial charge on any atom is 0.281 e. The summed E-state index contributed by atoms with van der Waals surface area (Å²) in [7, 11) is -3.90. The van der Waals surface area contributed by atoms with E-state index in [4.69, 9.17) is 12.2 Å². The van der Waals surface area contributed by atoms with Crippen LogP contribution in [-0.2, 0) is 14.8 Å². The molecule has 1 heterocycles. The van der Waals surface area contributed by atoms with E-state index in [1.165, 1.54) is 12.1 Å². The number of carbonyl (C=O) groups is 1. The van der Waals surface area contributed by atoms with Crippen LogP contribution in [0.4, 0.5) is 0 Å². The van der Waals surface area contributed by atoms with Gasteiger partial charge in [-0.15, -0.1) is 4.83 Å². The van der Waals surface area contributed by atoms with Crippen molar-refractivity contribution in [3.8, 4) is 0 Å². The third-order valence-electron chi connectivity index (χ3n) is 3.71. The number of rotatable bonds is 4. The van der Waals surface area contributed by atoms with Crippen molar-refractivity contribution in [2.24, 2.45) is 0 Å². The predicted octanol–water partition coefficient (Wildman–Crippen LogP) is 3.40. The summed E-state index contributed by atoms with van der Waals surface area (Å²) in [6.07, 6.45) is 1.69. The first kappa shape index (κ1) is 18.8. The molecule has 0 spiro atoms. The number of benzene rings is 2. The molecule has 0 aliphatic carbocycles. The van der Waals surface area contributed by atoms with Crippen LogP contribution in [0.15, 0.2) is 58.3 Å². The summed E-state index contributed by atoms with van der Waals surface area (Å²) >= 11 is 6.23. The lowest BCUT2D eigenvalue weighted by molar-refractivity contribution is -0.123. The van der Waals surface area contributed by atoms with Crippen LogP contribution >= 0.6 is 24.0 Å². The smallest absolute Gasteiger partial charge is 0.267 e. The number of hydrogen-bond donors (Lipinski definition) is 1. The number of sulfonamides is 1. The van der Waals surface area contributed by atoms with Crippen molar-refractivity contribution >= 4 is 50.3 Å². The quantitative estimate of drug-likeness (QED) is 0.625. The number of nitrogens with one attached hydrogen (secondary N) is 1. The number of thioether (sulfide) groups is 1. The molecule has 1 saturated heterocycles. The molecule has 2 aromatic carbocycles. The Morgan fingerprint density at radius 1 is 1.00 bits per heavy atom. The van der Waals surface area contributed by atoms with Crippen LogP contribution in [0.3, 0.4) is 0 Å². The van der Waals surface area contributed by atoms with Gasteiger partial charge in [0.15, 0.2) is 4.32 Å². The fraction of sp³-hybridized carbons (Fsp3) is 0.111. The van der Waals surface area contributed by atoms with E-state index in [-0.39, 0.29) is 9.22 Å². The van der Waals surface area contributed by atoms with E-state index in [0.717, 1.165) is 33.5 Å². The number of carbonyl (C=O) groups excluding carboxylic acids is 1. The molecule has 0 atom stereocenters. The molecule has 26 heavy (non-hydrogen) atoms. The fourth-order valence-corrected chi connectivity index (χ4v) is 4.56. The zero-order valence-corrected chi connectivity index (χ0v) is 16.5. The molecule has 0 aromatic heterocycles. The zero-order chi connectivity index (χ0) is 18.9. The molecule has 8 heteroatoms. The van der Waals surface area contributed by atoms with Gasteiger partial charge in [0.05, 0.1) is 9.80 Å². The second-order valence-electron chi connectivity index (χ2n) is 5.84. The van der Waals surface area contributed by atoms with Crippen LogP contribution in [0.1, 0.15) is 16.7 Å². The van der Waals surface area contributed by atoms with Crippen molar-refractivity contribution in [3.05, 3.63) is 70.1 Å². The monoisotopic (exact) mass is 404 g/mol. The van der Waals surface area contributed by atoms with E-state index in [0.29, 0.717) is 4.91 Å². The molecule has 134 valence electrons. The van der Waals surface area contributed by atoms with Gasteiger partial charge in [0.2, 0.25) is 0 Å². The third-order valence-corrected chi connectivity index (χ3v) is 6.33. The molecular weight excluding hydrogens is 388 g/mol. The highest BCUT2D eigenvalue weighted by Gasteiger charge is 2.35. The Kier molecular flexibility index (Phi) is 5.29. The van der Waals surface area contributed by atoms with Crippen LogP contribution in [0.5, 0.6) is 0 Å². The average molecular weight is 405 g/mol. The van der Waals surface area contributed by atoms with Crippen LogP contribution < -0.4 is 4.83 Å². The molecule has 0 unspecified atom stereocenters. The van der Waals surface area contributed by atoms with Crippen molar-refractivity contribution in [1.29, 1.82) is 0 Å². The van der Waals surface area contributed by atoms with Crippen LogP contribution in [0.2, 0.25) is 0 Å². The van der Waals surface area contributed by atoms with Crippen molar-refractivity contribution in [2.75, 3.05) is 0 Å². The van der Waals surface area contributed by atoms with E-state index in [2.05, 4.69) is 4.83 Å². The van der Waals surface area contributed by atoms with Gasteiger partial charge in [0.1, 0.15) is 0 Å². The van der Waals surface area contributed by atoms with Crippen LogP contribution in [-0.4, -0.2) is 23.7 Å². The van der Waals surface area contributed by atoms with Gasteiger partial charge in [-0.25, -0.2) is 13.4 Å². The van der Waals surface area contributed by atoms with Gasteiger partial charge >= 0.3 is 0 Å². The molecule has 0 saturated carbocycles. The summed E-state index contributed by atoms with van der Waals surface area (Å²) < 4.78 is 25.1. The van der Waals surface area contributed by atoms with Crippen molar-refractivity contribution in [2.45, 2.75) is 18.7 Å². The van der Waals surface area contributed by atoms with Crippen LogP contribution in [0, 0.1) is 13.8 Å². The summed E-state index contributed by atoms with van der Waals surface area (Å²) in [5.74, 6) is -0.490. The topological polar surface area (TPSA) is 66.5 Å². The van der Waals surface area contributed by atoms with Crippen molar-refractivity contribution in [1.82, 2.24) is 9.84 Å². The Morgan fingerprint density at radius 3 is 2.12 bits per heavy atom. The van der Waals surface area contributed by atoms with Crippen molar-refractivity contribution < 1.29 is 13.2 Å². The highest BCUT2D eigenvalue weighted by molar-refractivity contribution is 8.26. The Bertz CT molecular complexity index is 995. The second kappa shape index (κ2) is 7.32. The van der Waals surface area contributed by atoms with Crippen LogP contribution in [0.25, 0.3) is 6.08 Å². The fourth-order valence-electron chi connectivity index (χ4n) is 2.25. The van der Waals surface area contributed by atoms with Gasteiger partial charge < -0.3 is 0 Å². The van der Waals surface area contributed by atoms with E-state index < -0.39 is 15.9 Å². The molecule has 1 aliphatic heterocycles. The minimum Gasteiger partial charge on any atom is -0.267 e. The minimum absolute atomic E-state index is 0.0691. The van der Waals surface area contributed by atoms with E-state index in [1.54, 1.807) is 18.2 Å². The van der Waals surface area contributed by atoms with Gasteiger partial charge in [-0.2, -0.15) is 0 Å². The average Bonchev–Trinajstić information content (AvgIpc) is 2.84. The highest BCUT2D eigenvalue weighted by atomic mass is 32.2. The number of thiocarbonyl (C=S) groups is 1.